The van der Waals surface area contributed by atoms with E-state index >= 15 is 0 Å². The maximum atomic E-state index is 12.9. The normalized spacial score (nSPS) is 30.4. The van der Waals surface area contributed by atoms with Crippen molar-refractivity contribution < 1.29 is 4.39 Å². The molecule has 2 atom stereocenters. The summed E-state index contributed by atoms with van der Waals surface area (Å²) in [5, 5.41) is 0. The molecular weight excluding hydrogens is 245 g/mol. The van der Waals surface area contributed by atoms with Crippen molar-refractivity contribution in [1.29, 1.82) is 0 Å². The smallest absolute Gasteiger partial charge is 0.124 e. The third kappa shape index (κ3) is 1.48. The molecule has 0 spiro atoms. The van der Waals surface area contributed by atoms with Gasteiger partial charge in [-0.15, -0.1) is 0 Å². The molecule has 3 heteroatoms. The average Bonchev–Trinajstić information content (AvgIpc) is 2.77. The van der Waals surface area contributed by atoms with E-state index in [0.717, 1.165) is 10.9 Å². The van der Waals surface area contributed by atoms with Crippen molar-refractivity contribution in [1.82, 2.24) is 0 Å². The highest BCUT2D eigenvalue weighted by Gasteiger charge is 2.50. The molecular formula is C11H13BrFN. The molecule has 76 valence electrons. The lowest BCUT2D eigenvalue weighted by molar-refractivity contribution is 0.619. The van der Waals surface area contributed by atoms with Gasteiger partial charge in [-0.3, -0.25) is 0 Å². The minimum Gasteiger partial charge on any atom is -0.330 e. The predicted octanol–water partition coefficient (Wildman–Crippen LogP) is 2.82. The first-order valence-corrected chi connectivity index (χ1v) is 5.53. The minimum atomic E-state index is -0.200. The van der Waals surface area contributed by atoms with Gasteiger partial charge in [-0.1, -0.05) is 28.9 Å². The Balaban J connectivity index is 2.34. The summed E-state index contributed by atoms with van der Waals surface area (Å²) in [5.41, 5.74) is 6.97. The molecule has 0 bridgehead atoms. The Morgan fingerprint density at radius 2 is 2.36 bits per heavy atom. The Kier molecular flexibility index (Phi) is 2.40. The first-order chi connectivity index (χ1) is 6.58. The molecule has 2 rings (SSSR count). The molecule has 1 aromatic rings. The van der Waals surface area contributed by atoms with Gasteiger partial charge in [-0.05, 0) is 42.0 Å². The van der Waals surface area contributed by atoms with Crippen LogP contribution >= 0.6 is 15.9 Å². The molecule has 2 N–H and O–H groups in total. The topological polar surface area (TPSA) is 26.0 Å². The van der Waals surface area contributed by atoms with Crippen LogP contribution in [0.3, 0.4) is 0 Å². The number of benzene rings is 1. The first-order valence-electron chi connectivity index (χ1n) is 4.73. The van der Waals surface area contributed by atoms with Crippen LogP contribution in [0.2, 0.25) is 0 Å². The van der Waals surface area contributed by atoms with E-state index in [-0.39, 0.29) is 11.2 Å². The number of rotatable bonds is 2. The SMILES string of the molecule is CC1(c2ccc(F)cc2Br)CC1CN. The molecule has 0 heterocycles. The van der Waals surface area contributed by atoms with E-state index in [1.165, 1.54) is 17.7 Å². The Morgan fingerprint density at radius 3 is 2.86 bits per heavy atom. The van der Waals surface area contributed by atoms with Crippen LogP contribution in [0.1, 0.15) is 18.9 Å². The summed E-state index contributed by atoms with van der Waals surface area (Å²) in [7, 11) is 0. The second kappa shape index (κ2) is 3.31. The van der Waals surface area contributed by atoms with Crippen LogP contribution in [0, 0.1) is 11.7 Å². The zero-order chi connectivity index (χ0) is 10.3. The Hall–Kier alpha value is -0.410. The average molecular weight is 258 g/mol. The van der Waals surface area contributed by atoms with Gasteiger partial charge in [0.15, 0.2) is 0 Å². The summed E-state index contributed by atoms with van der Waals surface area (Å²) in [6.07, 6.45) is 1.10. The molecule has 1 nitrogen and oxygen atoms in total. The predicted molar refractivity (Wildman–Crippen MR) is 58.6 cm³/mol. The van der Waals surface area contributed by atoms with Crippen molar-refractivity contribution in [2.24, 2.45) is 11.7 Å². The molecule has 1 aliphatic rings. The fourth-order valence-electron chi connectivity index (χ4n) is 2.08. The van der Waals surface area contributed by atoms with Crippen LogP contribution < -0.4 is 5.73 Å². The molecule has 2 unspecified atom stereocenters. The van der Waals surface area contributed by atoms with Crippen molar-refractivity contribution >= 4 is 15.9 Å². The van der Waals surface area contributed by atoms with Crippen LogP contribution in [0.25, 0.3) is 0 Å². The first kappa shape index (κ1) is 10.1. The standard InChI is InChI=1S/C11H13BrFN/c1-11(5-7(11)6-14)9-3-2-8(13)4-10(9)12/h2-4,7H,5-6,14H2,1H3. The van der Waals surface area contributed by atoms with E-state index in [4.69, 9.17) is 5.73 Å². The third-order valence-electron chi connectivity index (χ3n) is 3.24. The molecule has 1 aromatic carbocycles. The molecule has 0 aromatic heterocycles. The van der Waals surface area contributed by atoms with Gasteiger partial charge in [0, 0.05) is 4.47 Å². The molecule has 1 fully saturated rings. The molecule has 0 saturated heterocycles. The van der Waals surface area contributed by atoms with Gasteiger partial charge in [0.25, 0.3) is 0 Å². The van der Waals surface area contributed by atoms with Gasteiger partial charge in [-0.25, -0.2) is 4.39 Å². The van der Waals surface area contributed by atoms with Crippen molar-refractivity contribution in [3.8, 4) is 0 Å². The molecule has 0 radical (unpaired) electrons. The Labute approximate surface area is 91.6 Å². The van der Waals surface area contributed by atoms with E-state index in [1.807, 2.05) is 6.07 Å². The summed E-state index contributed by atoms with van der Waals surface area (Å²) < 4.78 is 13.7. The van der Waals surface area contributed by atoms with Crippen molar-refractivity contribution in [3.63, 3.8) is 0 Å². The molecule has 0 aliphatic heterocycles. The van der Waals surface area contributed by atoms with E-state index < -0.39 is 0 Å². The number of hydrogen-bond acceptors (Lipinski definition) is 1. The summed E-state index contributed by atoms with van der Waals surface area (Å²) in [6, 6.07) is 4.89. The second-order valence-corrected chi connectivity index (χ2v) is 5.03. The van der Waals surface area contributed by atoms with Gasteiger partial charge < -0.3 is 5.73 Å². The van der Waals surface area contributed by atoms with Crippen molar-refractivity contribution in [2.45, 2.75) is 18.8 Å². The van der Waals surface area contributed by atoms with Gasteiger partial charge in [0.2, 0.25) is 0 Å². The van der Waals surface area contributed by atoms with Crippen LogP contribution in [0.15, 0.2) is 22.7 Å². The quantitative estimate of drug-likeness (QED) is 0.867. The lowest BCUT2D eigenvalue weighted by Gasteiger charge is -2.13. The minimum absolute atomic E-state index is 0.154. The number of hydrogen-bond donors (Lipinski definition) is 1. The van der Waals surface area contributed by atoms with Crippen LogP contribution in [-0.2, 0) is 5.41 Å². The van der Waals surface area contributed by atoms with Gasteiger partial charge >= 0.3 is 0 Å². The summed E-state index contributed by atoms with van der Waals surface area (Å²) in [5.74, 6) is 0.346. The van der Waals surface area contributed by atoms with Gasteiger partial charge in [0.1, 0.15) is 5.82 Å². The zero-order valence-corrected chi connectivity index (χ0v) is 9.64. The maximum absolute atomic E-state index is 12.9. The second-order valence-electron chi connectivity index (χ2n) is 4.18. The monoisotopic (exact) mass is 257 g/mol. The van der Waals surface area contributed by atoms with Crippen LogP contribution in [-0.4, -0.2) is 6.54 Å². The Morgan fingerprint density at radius 1 is 1.64 bits per heavy atom. The van der Waals surface area contributed by atoms with E-state index in [0.29, 0.717) is 12.5 Å². The number of halogens is 2. The van der Waals surface area contributed by atoms with Gasteiger partial charge in [-0.2, -0.15) is 0 Å². The fourth-order valence-corrected chi connectivity index (χ4v) is 2.88. The largest absolute Gasteiger partial charge is 0.330 e. The summed E-state index contributed by atoms with van der Waals surface area (Å²) in [4.78, 5) is 0. The van der Waals surface area contributed by atoms with E-state index in [1.54, 1.807) is 0 Å². The zero-order valence-electron chi connectivity index (χ0n) is 8.06. The third-order valence-corrected chi connectivity index (χ3v) is 3.90. The van der Waals surface area contributed by atoms with Gasteiger partial charge in [0.05, 0.1) is 0 Å². The highest BCUT2D eigenvalue weighted by Crippen LogP contribution is 2.55. The summed E-state index contributed by atoms with van der Waals surface area (Å²) in [6.45, 7) is 2.89. The van der Waals surface area contributed by atoms with Crippen LogP contribution in [0.4, 0.5) is 4.39 Å². The molecule has 14 heavy (non-hydrogen) atoms. The van der Waals surface area contributed by atoms with Crippen molar-refractivity contribution in [2.75, 3.05) is 6.54 Å². The molecule has 0 amide bonds. The number of nitrogens with two attached hydrogens (primary N) is 1. The highest BCUT2D eigenvalue weighted by atomic mass is 79.9. The Bertz CT molecular complexity index is 366. The molecule has 1 aliphatic carbocycles. The lowest BCUT2D eigenvalue weighted by Crippen LogP contribution is -2.12. The maximum Gasteiger partial charge on any atom is 0.124 e. The fraction of sp³-hybridized carbons (Fsp3) is 0.455. The van der Waals surface area contributed by atoms with E-state index in [2.05, 4.69) is 22.9 Å². The summed E-state index contributed by atoms with van der Waals surface area (Å²) >= 11 is 3.40. The lowest BCUT2D eigenvalue weighted by atomic mass is 9.95. The highest BCUT2D eigenvalue weighted by molar-refractivity contribution is 9.10. The van der Waals surface area contributed by atoms with Crippen molar-refractivity contribution in [3.05, 3.63) is 34.1 Å². The van der Waals surface area contributed by atoms with E-state index in [9.17, 15) is 4.39 Å². The molecule has 1 saturated carbocycles. The van der Waals surface area contributed by atoms with Crippen LogP contribution in [0.5, 0.6) is 0 Å².